The second kappa shape index (κ2) is 4.08. The van der Waals surface area contributed by atoms with Gasteiger partial charge in [0.25, 0.3) is 0 Å². The second-order valence-corrected chi connectivity index (χ2v) is 6.60. The van der Waals surface area contributed by atoms with Crippen LogP contribution in [0.15, 0.2) is 17.3 Å². The van der Waals surface area contributed by atoms with Crippen LogP contribution in [0.5, 0.6) is 0 Å². The van der Waals surface area contributed by atoms with Crippen molar-refractivity contribution < 1.29 is 13.2 Å². The number of methoxy groups -OCH3 is 1. The number of aromatic nitrogens is 2. The van der Waals surface area contributed by atoms with Crippen LogP contribution in [0.1, 0.15) is 20.3 Å². The fourth-order valence-corrected chi connectivity index (χ4v) is 3.44. The van der Waals surface area contributed by atoms with Crippen molar-refractivity contribution >= 4 is 10.0 Å². The molecule has 2 rings (SSSR count). The molecular weight excluding hydrogens is 242 g/mol. The van der Waals surface area contributed by atoms with Crippen LogP contribution in [0.3, 0.4) is 0 Å². The predicted molar refractivity (Wildman–Crippen MR) is 61.9 cm³/mol. The summed E-state index contributed by atoms with van der Waals surface area (Å²) >= 11 is 0. The summed E-state index contributed by atoms with van der Waals surface area (Å²) in [5.74, 6) is 0. The molecule has 6 nitrogen and oxygen atoms in total. The first-order chi connectivity index (χ1) is 7.88. The normalized spacial score (nSPS) is 27.7. The van der Waals surface area contributed by atoms with E-state index in [2.05, 4.69) is 14.9 Å². The molecule has 2 atom stereocenters. The molecule has 17 heavy (non-hydrogen) atoms. The lowest BCUT2D eigenvalue weighted by Gasteiger charge is -2.50. The van der Waals surface area contributed by atoms with Crippen LogP contribution in [0.2, 0.25) is 0 Å². The molecule has 0 amide bonds. The summed E-state index contributed by atoms with van der Waals surface area (Å²) < 4.78 is 31.9. The van der Waals surface area contributed by atoms with E-state index in [4.69, 9.17) is 4.74 Å². The van der Waals surface area contributed by atoms with Gasteiger partial charge < -0.3 is 4.74 Å². The average Bonchev–Trinajstić information content (AvgIpc) is 2.77. The summed E-state index contributed by atoms with van der Waals surface area (Å²) in [6, 6.07) is -0.104. The standard InChI is InChI=1S/C10H17N3O3S/c1-10(2)8(4-9(10)16-3)13-17(14,15)7-5-11-12-6-7/h5-6,8-9,13H,4H2,1-3H3,(H,11,12). The number of ether oxygens (including phenoxy) is 1. The van der Waals surface area contributed by atoms with E-state index in [1.165, 1.54) is 12.4 Å². The largest absolute Gasteiger partial charge is 0.381 e. The van der Waals surface area contributed by atoms with E-state index in [0.29, 0.717) is 6.42 Å². The highest BCUT2D eigenvalue weighted by molar-refractivity contribution is 7.89. The Morgan fingerprint density at radius 3 is 2.76 bits per heavy atom. The minimum atomic E-state index is -3.48. The summed E-state index contributed by atoms with van der Waals surface area (Å²) in [6.45, 7) is 3.99. The van der Waals surface area contributed by atoms with Gasteiger partial charge in [0.2, 0.25) is 10.0 Å². The molecule has 2 unspecified atom stereocenters. The summed E-state index contributed by atoms with van der Waals surface area (Å²) in [4.78, 5) is 0.161. The van der Waals surface area contributed by atoms with Gasteiger partial charge in [-0.2, -0.15) is 5.10 Å². The van der Waals surface area contributed by atoms with E-state index in [1.807, 2.05) is 13.8 Å². The van der Waals surface area contributed by atoms with E-state index in [1.54, 1.807) is 7.11 Å². The zero-order valence-electron chi connectivity index (χ0n) is 10.1. The van der Waals surface area contributed by atoms with Crippen LogP contribution < -0.4 is 4.72 Å². The van der Waals surface area contributed by atoms with Crippen molar-refractivity contribution in [2.45, 2.75) is 37.3 Å². The molecule has 2 N–H and O–H groups in total. The highest BCUT2D eigenvalue weighted by atomic mass is 32.2. The Morgan fingerprint density at radius 1 is 1.59 bits per heavy atom. The topological polar surface area (TPSA) is 84.1 Å². The van der Waals surface area contributed by atoms with Crippen molar-refractivity contribution in [1.29, 1.82) is 0 Å². The molecule has 1 aliphatic rings. The SMILES string of the molecule is COC1CC(NS(=O)(=O)c2cn[nH]c2)C1(C)C. The Kier molecular flexibility index (Phi) is 3.01. The fraction of sp³-hybridized carbons (Fsp3) is 0.700. The zero-order chi connectivity index (χ0) is 12.7. The van der Waals surface area contributed by atoms with E-state index < -0.39 is 10.0 Å². The maximum absolute atomic E-state index is 12.0. The lowest BCUT2D eigenvalue weighted by Crippen LogP contribution is -2.61. The monoisotopic (exact) mass is 259 g/mol. The summed E-state index contributed by atoms with van der Waals surface area (Å²) in [5.41, 5.74) is -0.189. The average molecular weight is 259 g/mol. The van der Waals surface area contributed by atoms with Gasteiger partial charge in [-0.3, -0.25) is 5.10 Å². The quantitative estimate of drug-likeness (QED) is 0.824. The maximum atomic E-state index is 12.0. The Balaban J connectivity index is 2.09. The highest BCUT2D eigenvalue weighted by Crippen LogP contribution is 2.42. The molecule has 1 heterocycles. The van der Waals surface area contributed by atoms with Crippen molar-refractivity contribution in [2.75, 3.05) is 7.11 Å². The van der Waals surface area contributed by atoms with Gasteiger partial charge in [0, 0.05) is 24.8 Å². The smallest absolute Gasteiger partial charge is 0.243 e. The van der Waals surface area contributed by atoms with Crippen molar-refractivity contribution in [3.05, 3.63) is 12.4 Å². The van der Waals surface area contributed by atoms with Crippen molar-refractivity contribution in [3.8, 4) is 0 Å². The van der Waals surface area contributed by atoms with Gasteiger partial charge in [-0.15, -0.1) is 0 Å². The van der Waals surface area contributed by atoms with E-state index in [0.717, 1.165) is 0 Å². The molecule has 0 saturated heterocycles. The molecule has 1 fully saturated rings. The maximum Gasteiger partial charge on any atom is 0.243 e. The molecule has 0 bridgehead atoms. The fourth-order valence-electron chi connectivity index (χ4n) is 2.13. The van der Waals surface area contributed by atoms with Crippen molar-refractivity contribution in [3.63, 3.8) is 0 Å². The molecule has 0 aliphatic heterocycles. The lowest BCUT2D eigenvalue weighted by atomic mass is 9.65. The number of aromatic amines is 1. The Morgan fingerprint density at radius 2 is 2.29 bits per heavy atom. The number of sulfonamides is 1. The van der Waals surface area contributed by atoms with Gasteiger partial charge in [0.15, 0.2) is 0 Å². The first-order valence-corrected chi connectivity index (χ1v) is 6.90. The molecular formula is C10H17N3O3S. The number of hydrogen-bond donors (Lipinski definition) is 2. The molecule has 96 valence electrons. The summed E-state index contributed by atoms with van der Waals surface area (Å²) in [6.07, 6.45) is 3.45. The zero-order valence-corrected chi connectivity index (χ0v) is 10.9. The van der Waals surface area contributed by atoms with Gasteiger partial charge in [-0.05, 0) is 6.42 Å². The van der Waals surface area contributed by atoms with Crippen LogP contribution in [0.4, 0.5) is 0 Å². The number of nitrogens with zero attached hydrogens (tertiary/aromatic N) is 1. The molecule has 1 saturated carbocycles. The Labute approximate surface area is 101 Å². The van der Waals surface area contributed by atoms with Crippen LogP contribution in [0.25, 0.3) is 0 Å². The minimum Gasteiger partial charge on any atom is -0.381 e. The Bertz CT molecular complexity index is 481. The van der Waals surface area contributed by atoms with Gasteiger partial charge in [-0.25, -0.2) is 13.1 Å². The van der Waals surface area contributed by atoms with E-state index >= 15 is 0 Å². The van der Waals surface area contributed by atoms with Gasteiger partial charge in [-0.1, -0.05) is 13.8 Å². The first-order valence-electron chi connectivity index (χ1n) is 5.42. The van der Waals surface area contributed by atoms with E-state index in [-0.39, 0.29) is 22.5 Å². The van der Waals surface area contributed by atoms with Crippen LogP contribution >= 0.6 is 0 Å². The van der Waals surface area contributed by atoms with E-state index in [9.17, 15) is 8.42 Å². The lowest BCUT2D eigenvalue weighted by molar-refractivity contribution is -0.0908. The number of hydrogen-bond acceptors (Lipinski definition) is 4. The number of rotatable bonds is 4. The predicted octanol–water partition coefficient (Wildman–Crippen LogP) is 0.501. The van der Waals surface area contributed by atoms with Crippen molar-refractivity contribution in [2.24, 2.45) is 5.41 Å². The van der Waals surface area contributed by atoms with Crippen LogP contribution in [-0.4, -0.2) is 37.9 Å². The molecule has 1 aromatic heterocycles. The molecule has 0 radical (unpaired) electrons. The van der Waals surface area contributed by atoms with Crippen LogP contribution in [0, 0.1) is 5.41 Å². The third-order valence-corrected chi connectivity index (χ3v) is 4.98. The minimum absolute atomic E-state index is 0.0968. The van der Waals surface area contributed by atoms with Crippen molar-refractivity contribution in [1.82, 2.24) is 14.9 Å². The van der Waals surface area contributed by atoms with Crippen LogP contribution in [-0.2, 0) is 14.8 Å². The molecule has 7 heteroatoms. The molecule has 1 aliphatic carbocycles. The number of nitrogens with one attached hydrogen (secondary N) is 2. The third-order valence-electron chi connectivity index (χ3n) is 3.54. The Hall–Kier alpha value is -0.920. The molecule has 0 spiro atoms. The third kappa shape index (κ3) is 2.10. The van der Waals surface area contributed by atoms with Gasteiger partial charge >= 0.3 is 0 Å². The summed E-state index contributed by atoms with van der Waals surface area (Å²) in [5, 5.41) is 6.13. The van der Waals surface area contributed by atoms with Gasteiger partial charge in [0.05, 0.1) is 12.3 Å². The summed E-state index contributed by atoms with van der Waals surface area (Å²) in [7, 11) is -1.83. The number of H-pyrrole nitrogens is 1. The second-order valence-electron chi connectivity index (χ2n) is 4.89. The molecule has 0 aromatic carbocycles. The van der Waals surface area contributed by atoms with Gasteiger partial charge in [0.1, 0.15) is 4.90 Å². The first kappa shape index (κ1) is 12.5. The molecule has 1 aromatic rings. The highest BCUT2D eigenvalue weighted by Gasteiger charge is 2.50.